The number of benzene rings is 1. The van der Waals surface area contributed by atoms with Gasteiger partial charge in [0.05, 0.1) is 31.1 Å². The van der Waals surface area contributed by atoms with Crippen LogP contribution in [0.3, 0.4) is 0 Å². The molecule has 3 aliphatic rings. The zero-order chi connectivity index (χ0) is 35.4. The van der Waals surface area contributed by atoms with Crippen molar-refractivity contribution in [3.05, 3.63) is 63.5 Å². The summed E-state index contributed by atoms with van der Waals surface area (Å²) in [5, 5.41) is 4.58. The highest BCUT2D eigenvalue weighted by atomic mass is 19.1. The van der Waals surface area contributed by atoms with E-state index in [9.17, 15) is 18.8 Å². The number of rotatable bonds is 6. The van der Waals surface area contributed by atoms with Gasteiger partial charge in [0.2, 0.25) is 5.91 Å². The van der Waals surface area contributed by atoms with E-state index in [2.05, 4.69) is 21.8 Å². The molecule has 2 aromatic heterocycles. The fraction of sp³-hybridized carbons (Fsp3) is 0.611. The molecule has 0 N–H and O–H groups in total. The number of anilines is 1. The molecule has 5 heterocycles. The molecule has 0 bridgehead atoms. The third-order valence-corrected chi connectivity index (χ3v) is 9.95. The summed E-state index contributed by atoms with van der Waals surface area (Å²) in [4.78, 5) is 49.5. The van der Waals surface area contributed by atoms with Crippen molar-refractivity contribution >= 4 is 23.3 Å². The molecule has 1 aromatic carbocycles. The average Bonchev–Trinajstić information content (AvgIpc) is 3.46. The summed E-state index contributed by atoms with van der Waals surface area (Å²) < 4.78 is 28.2. The second-order valence-electron chi connectivity index (χ2n) is 15.6. The number of nitrogens with zero attached hydrogens (tertiary/aromatic N) is 7. The fourth-order valence-corrected chi connectivity index (χ4v) is 7.49. The van der Waals surface area contributed by atoms with Crippen LogP contribution in [0.25, 0.3) is 5.65 Å². The summed E-state index contributed by atoms with van der Waals surface area (Å²) >= 11 is 0. The maximum Gasteiger partial charge on any atom is 0.410 e. The molecule has 2 fully saturated rings. The quantitative estimate of drug-likeness (QED) is 0.391. The number of carbonyl (C=O) groups excluding carboxylic acids is 2. The number of aromatic nitrogens is 3. The van der Waals surface area contributed by atoms with Crippen LogP contribution >= 0.6 is 0 Å². The number of carbonyl (C=O) groups is 2. The highest BCUT2D eigenvalue weighted by molar-refractivity contribution is 5.98. The van der Waals surface area contributed by atoms with Crippen molar-refractivity contribution in [3.63, 3.8) is 0 Å². The molecule has 0 radical (unpaired) electrons. The smallest absolute Gasteiger partial charge is 0.410 e. The molecule has 12 nitrogen and oxygen atoms in total. The number of morpholine rings is 1. The van der Waals surface area contributed by atoms with Crippen LogP contribution in [0.2, 0.25) is 0 Å². The van der Waals surface area contributed by atoms with Crippen molar-refractivity contribution in [3.8, 4) is 0 Å². The highest BCUT2D eigenvalue weighted by Gasteiger charge is 2.44. The molecule has 266 valence electrons. The zero-order valence-electron chi connectivity index (χ0n) is 30.0. The van der Waals surface area contributed by atoms with Crippen LogP contribution in [0.15, 0.2) is 35.1 Å². The lowest BCUT2D eigenvalue weighted by Gasteiger charge is -2.47. The number of halogens is 1. The minimum absolute atomic E-state index is 0.0752. The van der Waals surface area contributed by atoms with Gasteiger partial charge in [-0.3, -0.25) is 14.6 Å². The number of hydrogen-bond donors (Lipinski definition) is 0. The Bertz CT molecular complexity index is 1780. The molecule has 49 heavy (non-hydrogen) atoms. The lowest BCUT2D eigenvalue weighted by Crippen LogP contribution is -2.64. The molecular formula is C36H50FN7O5. The van der Waals surface area contributed by atoms with Crippen molar-refractivity contribution < 1.29 is 23.5 Å². The van der Waals surface area contributed by atoms with E-state index in [0.29, 0.717) is 57.1 Å². The Hall–Kier alpha value is -3.81. The monoisotopic (exact) mass is 679 g/mol. The van der Waals surface area contributed by atoms with Gasteiger partial charge in [-0.05, 0) is 58.4 Å². The maximum absolute atomic E-state index is 14.5. The van der Waals surface area contributed by atoms with Crippen molar-refractivity contribution in [2.45, 2.75) is 84.0 Å². The first kappa shape index (κ1) is 35.0. The van der Waals surface area contributed by atoms with Gasteiger partial charge in [0.15, 0.2) is 5.65 Å². The van der Waals surface area contributed by atoms with E-state index < -0.39 is 11.0 Å². The Morgan fingerprint density at radius 1 is 1.08 bits per heavy atom. The van der Waals surface area contributed by atoms with Gasteiger partial charge in [0.25, 0.3) is 0 Å². The van der Waals surface area contributed by atoms with Gasteiger partial charge in [0.1, 0.15) is 11.4 Å². The first-order valence-corrected chi connectivity index (χ1v) is 17.2. The minimum atomic E-state index is -0.620. The zero-order valence-corrected chi connectivity index (χ0v) is 30.0. The second-order valence-corrected chi connectivity index (χ2v) is 15.6. The normalized spacial score (nSPS) is 23.2. The largest absolute Gasteiger partial charge is 0.444 e. The van der Waals surface area contributed by atoms with Gasteiger partial charge >= 0.3 is 11.8 Å². The van der Waals surface area contributed by atoms with Crippen LogP contribution in [0.4, 0.5) is 14.9 Å². The van der Waals surface area contributed by atoms with Gasteiger partial charge in [-0.2, -0.15) is 0 Å². The number of pyridine rings is 1. The van der Waals surface area contributed by atoms with E-state index in [-0.39, 0.29) is 48.2 Å². The Morgan fingerprint density at radius 3 is 2.47 bits per heavy atom. The van der Waals surface area contributed by atoms with Crippen LogP contribution < -0.4 is 10.6 Å². The maximum atomic E-state index is 14.5. The Balaban J connectivity index is 1.32. The summed E-state index contributed by atoms with van der Waals surface area (Å²) in [5.41, 5.74) is 2.19. The van der Waals surface area contributed by atoms with Gasteiger partial charge in [-0.25, -0.2) is 23.1 Å². The SMILES string of the molecule is C[C@@H]1COCCN1C[C@H]1CN(C(=O)OC(C)(C)C)[C@H](C)CN1CC(=O)N1CC(C)(C)c2c1cc(Cc1ccc(F)cc1)c1nn(C)c(=O)n21. The number of hydrogen-bond acceptors (Lipinski definition) is 8. The van der Waals surface area contributed by atoms with E-state index >= 15 is 0 Å². The van der Waals surface area contributed by atoms with Crippen LogP contribution in [0, 0.1) is 5.82 Å². The molecular weight excluding hydrogens is 629 g/mol. The van der Waals surface area contributed by atoms with E-state index in [1.54, 1.807) is 28.5 Å². The highest BCUT2D eigenvalue weighted by Crippen LogP contribution is 2.42. The van der Waals surface area contributed by atoms with Gasteiger partial charge in [-0.15, -0.1) is 5.10 Å². The Labute approximate surface area is 287 Å². The third kappa shape index (κ3) is 7.11. The van der Waals surface area contributed by atoms with E-state index in [4.69, 9.17) is 9.47 Å². The Morgan fingerprint density at radius 2 is 1.80 bits per heavy atom. The van der Waals surface area contributed by atoms with E-state index in [1.165, 1.54) is 16.8 Å². The minimum Gasteiger partial charge on any atom is -0.444 e. The summed E-state index contributed by atoms with van der Waals surface area (Å²) in [6, 6.07) is 8.19. The third-order valence-electron chi connectivity index (χ3n) is 9.95. The average molecular weight is 680 g/mol. The number of fused-ring (bicyclic) bond motifs is 3. The van der Waals surface area contributed by atoms with Crippen LogP contribution in [-0.2, 0) is 33.2 Å². The van der Waals surface area contributed by atoms with Gasteiger partial charge < -0.3 is 19.3 Å². The topological polar surface area (TPSA) is 105 Å². The van der Waals surface area contributed by atoms with Crippen LogP contribution in [0.1, 0.15) is 65.3 Å². The lowest BCUT2D eigenvalue weighted by molar-refractivity contribution is -0.121. The number of aryl methyl sites for hydroxylation is 1. The van der Waals surface area contributed by atoms with Crippen LogP contribution in [0.5, 0.6) is 0 Å². The standard InChI is InChI=1S/C36H50FN7O5/c1-23-17-41(28(18-40-13-14-48-21-24(40)2)19-42(23)34(47)49-35(3,4)5)20-30(45)43-22-36(6,7)31-29(43)16-26(15-25-9-11-27(37)12-10-25)32-38-39(8)33(46)44(31)32/h9-12,16,23-24,28H,13-15,17-22H2,1-8H3/t23-,24-,28+/m1/s1. The predicted octanol–water partition coefficient (Wildman–Crippen LogP) is 3.42. The summed E-state index contributed by atoms with van der Waals surface area (Å²) in [5.74, 6) is -0.396. The van der Waals surface area contributed by atoms with Crippen molar-refractivity contribution in [2.24, 2.45) is 7.05 Å². The number of amides is 2. The van der Waals surface area contributed by atoms with Crippen molar-refractivity contribution in [1.29, 1.82) is 0 Å². The molecule has 3 aromatic rings. The molecule has 6 rings (SSSR count). The molecule has 2 saturated heterocycles. The van der Waals surface area contributed by atoms with Gasteiger partial charge in [-0.1, -0.05) is 26.0 Å². The molecule has 0 unspecified atom stereocenters. The predicted molar refractivity (Wildman–Crippen MR) is 185 cm³/mol. The Kier molecular flexibility index (Phi) is 9.40. The molecule has 3 atom stereocenters. The molecule has 2 amide bonds. The fourth-order valence-electron chi connectivity index (χ4n) is 7.49. The number of piperazine rings is 1. The molecule has 3 aliphatic heterocycles. The van der Waals surface area contributed by atoms with Crippen molar-refractivity contribution in [1.82, 2.24) is 28.9 Å². The first-order chi connectivity index (χ1) is 23.0. The summed E-state index contributed by atoms with van der Waals surface area (Å²) in [6.07, 6.45) is 0.0701. The van der Waals surface area contributed by atoms with Gasteiger partial charge in [0, 0.05) is 75.3 Å². The second kappa shape index (κ2) is 13.1. The lowest BCUT2D eigenvalue weighted by atomic mass is 9.90. The molecule has 0 aliphatic carbocycles. The number of ether oxygens (including phenoxy) is 2. The molecule has 0 spiro atoms. The molecule has 13 heteroatoms. The molecule has 0 saturated carbocycles. The van der Waals surface area contributed by atoms with E-state index in [0.717, 1.165) is 23.4 Å². The summed E-state index contributed by atoms with van der Waals surface area (Å²) in [7, 11) is 1.63. The first-order valence-electron chi connectivity index (χ1n) is 17.2. The summed E-state index contributed by atoms with van der Waals surface area (Å²) in [6.45, 7) is 18.1. The van der Waals surface area contributed by atoms with Crippen molar-refractivity contribution in [2.75, 3.05) is 57.4 Å². The van der Waals surface area contributed by atoms with Crippen LogP contribution in [-0.4, -0.2) is 117 Å². The van der Waals surface area contributed by atoms with E-state index in [1.807, 2.05) is 52.5 Å².